The second-order valence-corrected chi connectivity index (χ2v) is 32.0. The van der Waals surface area contributed by atoms with E-state index in [4.69, 9.17) is 69.8 Å². The van der Waals surface area contributed by atoms with Crippen molar-refractivity contribution < 1.29 is 44.0 Å². The molecule has 74 heavy (non-hydrogen) atoms. The lowest BCUT2D eigenvalue weighted by Crippen LogP contribution is -2.48. The van der Waals surface area contributed by atoms with Gasteiger partial charge in [-0.1, -0.05) is 112 Å². The summed E-state index contributed by atoms with van der Waals surface area (Å²) in [6.45, 7) is 42.5. The highest BCUT2D eigenvalue weighted by atomic mass is 35.5. The van der Waals surface area contributed by atoms with Crippen molar-refractivity contribution in [1.29, 1.82) is 0 Å². The number of benzene rings is 4. The smallest absolute Gasteiger partial charge is 0.250 e. The highest BCUT2D eigenvalue weighted by molar-refractivity contribution is 6.75. The topological polar surface area (TPSA) is 160 Å². The number of aliphatic hydroxyl groups excluding tert-OH is 1. The van der Waals surface area contributed by atoms with Crippen LogP contribution in [0.2, 0.25) is 56.4 Å². The number of hydrogen-bond acceptors (Lipinski definition) is 8. The van der Waals surface area contributed by atoms with Crippen LogP contribution in [0.25, 0.3) is 9.69 Å². The SMILES string of the molecule is [2H]CF.[C-]#[N+]c1ccc(C[C@@H](C(=O)NCC(=O)c2ccc(O)c(Cl)c2)[C@@H](C)O)c(C)c1Cl.[C-]#[N+]c1ccc(C[C@@H](C(=O)NCC(=O)c2ccc(O[Si](C)(C)C(C)(C)C)c(Cl)c2)[C@@H](C)O[Si](C)(C)C(C)(C)C)c(C)c1Cl. The molecule has 4 aromatic carbocycles. The molecule has 0 radical (unpaired) electrons. The molecule has 0 saturated heterocycles. The normalized spacial score (nSPS) is 13.4. The van der Waals surface area contributed by atoms with E-state index in [1.165, 1.54) is 25.1 Å². The van der Waals surface area contributed by atoms with Crippen molar-refractivity contribution in [3.05, 3.63) is 137 Å². The molecule has 4 rings (SSSR count). The van der Waals surface area contributed by atoms with Crippen LogP contribution in [0.5, 0.6) is 11.5 Å². The molecule has 0 aliphatic rings. The number of carbonyl (C=O) groups is 4. The van der Waals surface area contributed by atoms with Gasteiger partial charge >= 0.3 is 0 Å². The van der Waals surface area contributed by atoms with Gasteiger partial charge in [-0.25, -0.2) is 9.69 Å². The fraction of sp³-hybridized carbons (Fsp3) is 0.455. The molecule has 4 atom stereocenters. The van der Waals surface area contributed by atoms with Crippen LogP contribution in [0, 0.1) is 38.8 Å². The lowest BCUT2D eigenvalue weighted by Gasteiger charge is -2.40. The Hall–Kier alpha value is -4.82. The first-order valence-corrected chi connectivity index (χ1v) is 31.0. The Morgan fingerprint density at radius 2 is 1.11 bits per heavy atom. The van der Waals surface area contributed by atoms with Crippen molar-refractivity contribution >= 4 is 97.8 Å². The van der Waals surface area contributed by atoms with Crippen LogP contribution in [0.3, 0.4) is 0 Å². The molecule has 12 nitrogen and oxygen atoms in total. The number of hydrogen-bond donors (Lipinski definition) is 4. The molecular weight excluding hydrogens is 1060 g/mol. The van der Waals surface area contributed by atoms with E-state index in [0.717, 1.165) is 16.7 Å². The van der Waals surface area contributed by atoms with Gasteiger partial charge in [0.15, 0.2) is 19.9 Å². The first-order chi connectivity index (χ1) is 34.6. The minimum atomic E-state index is -2.21. The highest BCUT2D eigenvalue weighted by Crippen LogP contribution is 2.41. The summed E-state index contributed by atoms with van der Waals surface area (Å²) < 4.78 is 28.5. The van der Waals surface area contributed by atoms with Gasteiger partial charge < -0.3 is 29.7 Å². The highest BCUT2D eigenvalue weighted by Gasteiger charge is 2.42. The van der Waals surface area contributed by atoms with Crippen LogP contribution in [0.15, 0.2) is 60.7 Å². The van der Waals surface area contributed by atoms with Crippen LogP contribution in [0.4, 0.5) is 15.8 Å². The maximum atomic E-state index is 13.7. The Labute approximate surface area is 460 Å². The zero-order valence-corrected chi connectivity index (χ0v) is 49.8. The fourth-order valence-corrected chi connectivity index (χ4v) is 10.3. The number of alkyl halides is 1. The summed E-state index contributed by atoms with van der Waals surface area (Å²) >= 11 is 25.0. The zero-order valence-electron chi connectivity index (χ0n) is 45.7. The van der Waals surface area contributed by atoms with Gasteiger partial charge in [0.2, 0.25) is 23.2 Å². The number of aromatic hydroxyl groups is 1. The molecule has 0 spiro atoms. The summed E-state index contributed by atoms with van der Waals surface area (Å²) in [7, 11) is -5.32. The van der Waals surface area contributed by atoms with Crippen LogP contribution in [0.1, 0.15) is 99.7 Å². The van der Waals surface area contributed by atoms with Gasteiger partial charge in [0.25, 0.3) is 8.32 Å². The number of rotatable bonds is 18. The average Bonchev–Trinajstić information content (AvgIpc) is 3.31. The quantitative estimate of drug-likeness (QED) is 0.0435. The number of nitrogens with one attached hydrogen (secondary N) is 2. The third-order valence-corrected chi connectivity index (χ3v) is 24.2. The monoisotopic (exact) mass is 1130 g/mol. The van der Waals surface area contributed by atoms with Crippen LogP contribution in [-0.4, -0.2) is 82.7 Å². The van der Waals surface area contributed by atoms with E-state index in [9.17, 15) is 33.8 Å². The van der Waals surface area contributed by atoms with Gasteiger partial charge in [-0.3, -0.25) is 23.6 Å². The lowest BCUT2D eigenvalue weighted by atomic mass is 9.91. The van der Waals surface area contributed by atoms with Crippen LogP contribution in [-0.2, 0) is 26.9 Å². The molecule has 0 aliphatic heterocycles. The Morgan fingerprint density at radius 3 is 1.50 bits per heavy atom. The second kappa shape index (κ2) is 27.8. The van der Waals surface area contributed by atoms with Crippen molar-refractivity contribution in [3.8, 4) is 11.5 Å². The van der Waals surface area contributed by atoms with Crippen LogP contribution < -0.4 is 15.1 Å². The summed E-state index contributed by atoms with van der Waals surface area (Å²) in [6, 6.07) is 15.9. The average molecular weight is 1130 g/mol. The number of amides is 2. The molecule has 2 amide bonds. The Kier molecular flexibility index (Phi) is 23.9. The number of nitrogens with zero attached hydrogens (tertiary/aromatic N) is 2. The first-order valence-electron chi connectivity index (χ1n) is 24.4. The van der Waals surface area contributed by atoms with Crippen LogP contribution >= 0.6 is 46.4 Å². The molecule has 0 aliphatic carbocycles. The predicted molar refractivity (Wildman–Crippen MR) is 303 cm³/mol. The molecule has 0 aromatic heterocycles. The molecule has 0 heterocycles. The summed E-state index contributed by atoms with van der Waals surface area (Å²) in [5, 5.41) is 26.0. The minimum absolute atomic E-state index is 0.0000518. The molecule has 0 saturated carbocycles. The Morgan fingerprint density at radius 1 is 0.703 bits per heavy atom. The van der Waals surface area contributed by atoms with Crippen molar-refractivity contribution in [1.82, 2.24) is 10.6 Å². The minimum Gasteiger partial charge on any atom is -0.543 e. The first kappa shape index (κ1) is 63.5. The fourth-order valence-electron chi connectivity index (χ4n) is 6.85. The molecule has 0 fully saturated rings. The largest absolute Gasteiger partial charge is 0.543 e. The molecule has 4 N–H and O–H groups in total. The van der Waals surface area contributed by atoms with E-state index < -0.39 is 53.7 Å². The van der Waals surface area contributed by atoms with E-state index in [0.29, 0.717) is 49.7 Å². The standard InChI is InChI=1S/C33H48Cl2N2O4Si2.C21H20Cl2N2O4.CH3F/c1-21-23(14-16-27(36-9)30(21)35)18-25(22(2)40-42(10,11)32(3,4)5)31(39)37-20-28(38)24-15-17-29(26(34)19-24)41-43(12,13)33(6,7)8;1-11-13(4-6-17(24-3)20(11)23)8-15(12(2)26)21(29)25-10-19(28)14-5-7-18(27)16(22)9-14;1-2/h14-17,19,22,25H,18,20H2,1-8,10-13H3,(H,37,39);4-7,9,12,15,26-27H,8,10H2,1-2H3,(H,25,29);1H3/t22-,25-;12-,15-;/m11./s1/i;;1D. The molecule has 402 valence electrons. The summed E-state index contributed by atoms with van der Waals surface area (Å²) in [5.41, 5.74) is 4.38. The maximum Gasteiger partial charge on any atom is 0.250 e. The second-order valence-electron chi connectivity index (χ2n) is 21.0. The van der Waals surface area contributed by atoms with Crippen molar-refractivity contribution in [3.63, 3.8) is 0 Å². The van der Waals surface area contributed by atoms with Crippen molar-refractivity contribution in [2.45, 2.75) is 131 Å². The van der Waals surface area contributed by atoms with E-state index in [1.54, 1.807) is 43.3 Å². The van der Waals surface area contributed by atoms with E-state index >= 15 is 0 Å². The molecule has 19 heteroatoms. The molecule has 4 aromatic rings. The van der Waals surface area contributed by atoms with Gasteiger partial charge in [-0.15, -0.1) is 0 Å². The number of carbonyl (C=O) groups excluding carboxylic acids is 4. The third kappa shape index (κ3) is 17.6. The number of halogens is 5. The number of aliphatic hydroxyl groups is 1. The van der Waals surface area contributed by atoms with Gasteiger partial charge in [0.1, 0.15) is 11.5 Å². The number of phenols is 1. The number of Topliss-reactive ketones (excluding diaryl/α,β-unsaturated/α-hetero) is 2. The summed E-state index contributed by atoms with van der Waals surface area (Å²) in [4.78, 5) is 58.5. The van der Waals surface area contributed by atoms with E-state index in [2.05, 4.69) is 88.1 Å². The molecule has 0 bridgehead atoms. The number of phenolic OH excluding ortho intramolecular Hbond substituents is 1. The lowest BCUT2D eigenvalue weighted by molar-refractivity contribution is -0.128. The van der Waals surface area contributed by atoms with E-state index in [1.807, 2.05) is 19.9 Å². The van der Waals surface area contributed by atoms with Gasteiger partial charge in [0, 0.05) is 11.1 Å². The van der Waals surface area contributed by atoms with Crippen molar-refractivity contribution in [2.75, 3.05) is 20.2 Å². The van der Waals surface area contributed by atoms with E-state index in [-0.39, 0.29) is 63.4 Å². The van der Waals surface area contributed by atoms with Gasteiger partial charge in [0.05, 0.1) is 78.9 Å². The number of ketones is 2. The van der Waals surface area contributed by atoms with Gasteiger partial charge in [-0.05, 0) is 135 Å². The zero-order chi connectivity index (χ0) is 57.6. The summed E-state index contributed by atoms with van der Waals surface area (Å²) in [5.74, 6) is -2.38. The molecular formula is C55H71Cl4FN4O8Si2. The predicted octanol–water partition coefficient (Wildman–Crippen LogP) is 14.5. The van der Waals surface area contributed by atoms with Crippen molar-refractivity contribution in [2.24, 2.45) is 11.8 Å². The molecule has 0 unspecified atom stereocenters. The third-order valence-electron chi connectivity index (χ3n) is 13.7. The summed E-state index contributed by atoms with van der Waals surface area (Å²) in [6.07, 6.45) is -0.833. The Balaban J connectivity index is 0.000000521. The van der Waals surface area contributed by atoms with Gasteiger partial charge in [-0.2, -0.15) is 0 Å². The maximum absolute atomic E-state index is 13.7. The Bertz CT molecular complexity index is 2770.